The monoisotopic (exact) mass is 198 g/mol. The summed E-state index contributed by atoms with van der Waals surface area (Å²) in [6, 6.07) is 0.216. The zero-order valence-electron chi connectivity index (χ0n) is 9.31. The van der Waals surface area contributed by atoms with E-state index < -0.39 is 0 Å². The zero-order chi connectivity index (χ0) is 10.6. The van der Waals surface area contributed by atoms with Crippen LogP contribution in [0.15, 0.2) is 0 Å². The Kier molecular flexibility index (Phi) is 3.93. The van der Waals surface area contributed by atoms with E-state index in [-0.39, 0.29) is 17.4 Å². The Bertz CT molecular complexity index is 195. The Morgan fingerprint density at radius 2 is 1.93 bits per heavy atom. The Morgan fingerprint density at radius 1 is 1.36 bits per heavy atom. The molecule has 0 aromatic heterocycles. The van der Waals surface area contributed by atoms with Crippen LogP contribution in [0.2, 0.25) is 0 Å². The number of hydrogen-bond acceptors (Lipinski definition) is 2. The fourth-order valence-electron chi connectivity index (χ4n) is 2.17. The van der Waals surface area contributed by atoms with E-state index in [1.54, 1.807) is 0 Å². The molecule has 1 aliphatic rings. The summed E-state index contributed by atoms with van der Waals surface area (Å²) in [4.78, 5) is 12.0. The van der Waals surface area contributed by atoms with Crippen molar-refractivity contribution in [2.75, 3.05) is 6.54 Å². The highest BCUT2D eigenvalue weighted by Gasteiger charge is 2.38. The van der Waals surface area contributed by atoms with Crippen LogP contribution in [0, 0.1) is 5.41 Å². The van der Waals surface area contributed by atoms with Crippen LogP contribution in [0.3, 0.4) is 0 Å². The third-order valence-electron chi connectivity index (χ3n) is 3.10. The molecule has 0 unspecified atom stereocenters. The molecule has 1 fully saturated rings. The molecule has 0 bridgehead atoms. The second kappa shape index (κ2) is 4.78. The van der Waals surface area contributed by atoms with Crippen LogP contribution in [-0.4, -0.2) is 18.5 Å². The van der Waals surface area contributed by atoms with E-state index in [0.717, 1.165) is 25.7 Å². The fourth-order valence-corrected chi connectivity index (χ4v) is 2.17. The molecule has 3 N–H and O–H groups in total. The zero-order valence-corrected chi connectivity index (χ0v) is 9.31. The summed E-state index contributed by atoms with van der Waals surface area (Å²) in [5.41, 5.74) is 5.49. The largest absolute Gasteiger partial charge is 0.353 e. The average molecular weight is 198 g/mol. The minimum atomic E-state index is -0.261. The molecule has 3 heteroatoms. The summed E-state index contributed by atoms with van der Waals surface area (Å²) in [6.45, 7) is 4.47. The Morgan fingerprint density at radius 3 is 2.36 bits per heavy atom. The third-order valence-corrected chi connectivity index (χ3v) is 3.10. The van der Waals surface area contributed by atoms with Crippen LogP contribution >= 0.6 is 0 Å². The Labute approximate surface area is 86.4 Å². The summed E-state index contributed by atoms with van der Waals surface area (Å²) in [5.74, 6) is 0.162. The van der Waals surface area contributed by atoms with E-state index in [2.05, 4.69) is 5.32 Å². The number of carbonyl (C=O) groups excluding carboxylic acids is 1. The highest BCUT2D eigenvalue weighted by molar-refractivity contribution is 5.83. The summed E-state index contributed by atoms with van der Waals surface area (Å²) >= 11 is 0. The highest BCUT2D eigenvalue weighted by Crippen LogP contribution is 2.35. The number of hydrogen-bond donors (Lipinski definition) is 2. The smallest absolute Gasteiger partial charge is 0.227 e. The molecule has 0 atom stereocenters. The maximum absolute atomic E-state index is 12.0. The lowest BCUT2D eigenvalue weighted by molar-refractivity contribution is -0.132. The number of carbonyl (C=O) groups is 1. The van der Waals surface area contributed by atoms with E-state index in [9.17, 15) is 4.79 Å². The van der Waals surface area contributed by atoms with Gasteiger partial charge < -0.3 is 11.1 Å². The minimum Gasteiger partial charge on any atom is -0.353 e. The van der Waals surface area contributed by atoms with Crippen LogP contribution < -0.4 is 11.1 Å². The maximum Gasteiger partial charge on any atom is 0.227 e. The van der Waals surface area contributed by atoms with Gasteiger partial charge >= 0.3 is 0 Å². The van der Waals surface area contributed by atoms with Crippen molar-refractivity contribution in [2.45, 2.75) is 52.0 Å². The molecule has 1 amide bonds. The van der Waals surface area contributed by atoms with Gasteiger partial charge in [-0.1, -0.05) is 19.3 Å². The van der Waals surface area contributed by atoms with Gasteiger partial charge in [-0.15, -0.1) is 0 Å². The van der Waals surface area contributed by atoms with Crippen molar-refractivity contribution in [3.63, 3.8) is 0 Å². The van der Waals surface area contributed by atoms with Gasteiger partial charge in [-0.2, -0.15) is 0 Å². The van der Waals surface area contributed by atoms with Crippen LogP contribution in [-0.2, 0) is 4.79 Å². The Balaban J connectivity index is 2.62. The van der Waals surface area contributed by atoms with Crippen molar-refractivity contribution >= 4 is 5.91 Å². The van der Waals surface area contributed by atoms with E-state index in [1.165, 1.54) is 6.42 Å². The van der Waals surface area contributed by atoms with E-state index in [4.69, 9.17) is 5.73 Å². The molecule has 0 saturated heterocycles. The molecule has 1 aliphatic carbocycles. The van der Waals surface area contributed by atoms with E-state index >= 15 is 0 Å². The van der Waals surface area contributed by atoms with Gasteiger partial charge in [0.05, 0.1) is 5.41 Å². The quantitative estimate of drug-likeness (QED) is 0.720. The van der Waals surface area contributed by atoms with Crippen molar-refractivity contribution in [3.8, 4) is 0 Å². The SMILES string of the molecule is CC(C)NC(=O)C1(CN)CCCCC1. The first kappa shape index (κ1) is 11.5. The first-order valence-electron chi connectivity index (χ1n) is 5.62. The lowest BCUT2D eigenvalue weighted by Gasteiger charge is -2.35. The van der Waals surface area contributed by atoms with Gasteiger partial charge in [0.1, 0.15) is 0 Å². The molecule has 0 heterocycles. The first-order chi connectivity index (χ1) is 6.60. The number of nitrogens with one attached hydrogen (secondary N) is 1. The third kappa shape index (κ3) is 2.47. The van der Waals surface area contributed by atoms with Crippen molar-refractivity contribution in [1.82, 2.24) is 5.32 Å². The molecule has 0 spiro atoms. The molecule has 1 rings (SSSR count). The molecular formula is C11H22N2O. The van der Waals surface area contributed by atoms with Crippen molar-refractivity contribution in [3.05, 3.63) is 0 Å². The molecular weight excluding hydrogens is 176 g/mol. The van der Waals surface area contributed by atoms with Crippen molar-refractivity contribution in [1.29, 1.82) is 0 Å². The molecule has 3 nitrogen and oxygen atoms in total. The molecule has 1 saturated carbocycles. The molecule has 0 aromatic carbocycles. The number of rotatable bonds is 3. The normalized spacial score (nSPS) is 20.9. The summed E-state index contributed by atoms with van der Waals surface area (Å²) < 4.78 is 0. The van der Waals surface area contributed by atoms with E-state index in [0.29, 0.717) is 6.54 Å². The topological polar surface area (TPSA) is 55.1 Å². The lowest BCUT2D eigenvalue weighted by atomic mass is 9.73. The summed E-state index contributed by atoms with van der Waals surface area (Å²) in [5, 5.41) is 2.99. The highest BCUT2D eigenvalue weighted by atomic mass is 16.2. The molecule has 0 aliphatic heterocycles. The van der Waals surface area contributed by atoms with Gasteiger partial charge in [-0.05, 0) is 26.7 Å². The second-order valence-corrected chi connectivity index (χ2v) is 4.67. The fraction of sp³-hybridized carbons (Fsp3) is 0.909. The van der Waals surface area contributed by atoms with Crippen molar-refractivity contribution in [2.24, 2.45) is 11.1 Å². The molecule has 82 valence electrons. The lowest BCUT2D eigenvalue weighted by Crippen LogP contribution is -2.49. The van der Waals surface area contributed by atoms with Gasteiger partial charge in [-0.3, -0.25) is 4.79 Å². The van der Waals surface area contributed by atoms with Gasteiger partial charge in [0.25, 0.3) is 0 Å². The molecule has 0 radical (unpaired) electrons. The van der Waals surface area contributed by atoms with Crippen molar-refractivity contribution < 1.29 is 4.79 Å². The molecule has 14 heavy (non-hydrogen) atoms. The summed E-state index contributed by atoms with van der Waals surface area (Å²) in [6.07, 6.45) is 5.45. The van der Waals surface area contributed by atoms with Crippen LogP contribution in [0.4, 0.5) is 0 Å². The molecule has 0 aromatic rings. The second-order valence-electron chi connectivity index (χ2n) is 4.67. The number of nitrogens with two attached hydrogens (primary N) is 1. The minimum absolute atomic E-state index is 0.162. The van der Waals surface area contributed by atoms with Crippen LogP contribution in [0.1, 0.15) is 46.0 Å². The van der Waals surface area contributed by atoms with Gasteiger partial charge in [0.2, 0.25) is 5.91 Å². The predicted octanol–water partition coefficient (Wildman–Crippen LogP) is 1.42. The Hall–Kier alpha value is -0.570. The average Bonchev–Trinajstić information content (AvgIpc) is 2.18. The van der Waals surface area contributed by atoms with Gasteiger partial charge in [-0.25, -0.2) is 0 Å². The predicted molar refractivity (Wildman–Crippen MR) is 57.9 cm³/mol. The van der Waals surface area contributed by atoms with Gasteiger partial charge in [0, 0.05) is 12.6 Å². The summed E-state index contributed by atoms with van der Waals surface area (Å²) in [7, 11) is 0. The van der Waals surface area contributed by atoms with Crippen LogP contribution in [0.25, 0.3) is 0 Å². The van der Waals surface area contributed by atoms with E-state index in [1.807, 2.05) is 13.8 Å². The van der Waals surface area contributed by atoms with Crippen LogP contribution in [0.5, 0.6) is 0 Å². The first-order valence-corrected chi connectivity index (χ1v) is 5.62. The number of amides is 1. The maximum atomic E-state index is 12.0. The standard InChI is InChI=1S/C11H22N2O/c1-9(2)13-10(14)11(8-12)6-4-3-5-7-11/h9H,3-8,12H2,1-2H3,(H,13,14). The van der Waals surface area contributed by atoms with Gasteiger partial charge in [0.15, 0.2) is 0 Å².